The van der Waals surface area contributed by atoms with Gasteiger partial charge >= 0.3 is 0 Å². The molecule has 88 valence electrons. The minimum absolute atomic E-state index is 0.196. The summed E-state index contributed by atoms with van der Waals surface area (Å²) in [6, 6.07) is 5.08. The van der Waals surface area contributed by atoms with Crippen LogP contribution in [0.15, 0.2) is 22.7 Å². The molecule has 1 aromatic heterocycles. The highest BCUT2D eigenvalue weighted by atomic mass is 79.9. The second-order valence-corrected chi connectivity index (χ2v) is 5.79. The van der Waals surface area contributed by atoms with Crippen LogP contribution in [0.25, 0.3) is 0 Å². The number of carbonyl (C=O) groups is 1. The normalized spacial score (nSPS) is 10.3. The SMILES string of the molecule is O=C(Nc1cc(Cl)ccc1Br)c1nnc(Cl)s1. The van der Waals surface area contributed by atoms with E-state index in [0.29, 0.717) is 10.7 Å². The zero-order chi connectivity index (χ0) is 12.4. The van der Waals surface area contributed by atoms with Crippen molar-refractivity contribution in [3.63, 3.8) is 0 Å². The molecular weight excluding hydrogens is 349 g/mol. The fourth-order valence-corrected chi connectivity index (χ4v) is 2.31. The van der Waals surface area contributed by atoms with Crippen molar-refractivity contribution in [1.29, 1.82) is 0 Å². The molecule has 0 fully saturated rings. The van der Waals surface area contributed by atoms with Gasteiger partial charge in [0.25, 0.3) is 5.91 Å². The number of rotatable bonds is 2. The van der Waals surface area contributed by atoms with Gasteiger partial charge in [-0.2, -0.15) is 0 Å². The van der Waals surface area contributed by atoms with Gasteiger partial charge in [0.2, 0.25) is 9.47 Å². The maximum absolute atomic E-state index is 11.8. The Hall–Kier alpha value is -0.690. The van der Waals surface area contributed by atoms with Crippen molar-refractivity contribution in [3.05, 3.63) is 37.2 Å². The Morgan fingerprint density at radius 3 is 2.76 bits per heavy atom. The molecular formula is C9H4BrCl2N3OS. The molecule has 1 amide bonds. The van der Waals surface area contributed by atoms with Gasteiger partial charge in [0.1, 0.15) is 0 Å². The molecule has 2 rings (SSSR count). The second kappa shape index (κ2) is 5.30. The third kappa shape index (κ3) is 3.16. The first-order chi connectivity index (χ1) is 8.06. The molecule has 0 unspecified atom stereocenters. The molecule has 0 saturated heterocycles. The van der Waals surface area contributed by atoms with Crippen LogP contribution in [0.1, 0.15) is 9.80 Å². The lowest BCUT2D eigenvalue weighted by Gasteiger charge is -2.05. The molecule has 1 N–H and O–H groups in total. The van der Waals surface area contributed by atoms with E-state index in [1.165, 1.54) is 0 Å². The van der Waals surface area contributed by atoms with Gasteiger partial charge in [-0.1, -0.05) is 22.9 Å². The van der Waals surface area contributed by atoms with Crippen molar-refractivity contribution >= 4 is 62.1 Å². The Balaban J connectivity index is 2.21. The van der Waals surface area contributed by atoms with E-state index in [2.05, 4.69) is 31.4 Å². The fourth-order valence-electron chi connectivity index (χ4n) is 1.07. The molecule has 8 heteroatoms. The summed E-state index contributed by atoms with van der Waals surface area (Å²) >= 11 is 15.7. The van der Waals surface area contributed by atoms with Crippen molar-refractivity contribution in [2.45, 2.75) is 0 Å². The Labute approximate surface area is 119 Å². The summed E-state index contributed by atoms with van der Waals surface area (Å²) in [5.41, 5.74) is 0.564. The van der Waals surface area contributed by atoms with E-state index in [1.807, 2.05) is 0 Å². The molecule has 0 bridgehead atoms. The van der Waals surface area contributed by atoms with Crippen molar-refractivity contribution in [2.75, 3.05) is 5.32 Å². The van der Waals surface area contributed by atoms with Crippen molar-refractivity contribution in [1.82, 2.24) is 10.2 Å². The number of nitrogens with one attached hydrogen (secondary N) is 1. The average Bonchev–Trinajstić information content (AvgIpc) is 2.70. The van der Waals surface area contributed by atoms with Gasteiger partial charge in [-0.25, -0.2) is 0 Å². The number of anilines is 1. The van der Waals surface area contributed by atoms with Crippen molar-refractivity contribution in [3.8, 4) is 0 Å². The molecule has 4 nitrogen and oxygen atoms in total. The van der Waals surface area contributed by atoms with Crippen LogP contribution >= 0.6 is 50.5 Å². The van der Waals surface area contributed by atoms with E-state index < -0.39 is 0 Å². The largest absolute Gasteiger partial charge is 0.319 e. The molecule has 17 heavy (non-hydrogen) atoms. The maximum atomic E-state index is 11.8. The van der Waals surface area contributed by atoms with Gasteiger partial charge < -0.3 is 5.32 Å². The van der Waals surface area contributed by atoms with Crippen LogP contribution in [-0.4, -0.2) is 16.1 Å². The molecule has 0 aliphatic rings. The van der Waals surface area contributed by atoms with E-state index in [1.54, 1.807) is 18.2 Å². The zero-order valence-corrected chi connectivity index (χ0v) is 12.0. The van der Waals surface area contributed by atoms with Crippen LogP contribution in [0.4, 0.5) is 5.69 Å². The highest BCUT2D eigenvalue weighted by Gasteiger charge is 2.13. The number of halogens is 3. The van der Waals surface area contributed by atoms with Gasteiger partial charge in [-0.3, -0.25) is 4.79 Å². The first-order valence-electron chi connectivity index (χ1n) is 4.31. The number of amides is 1. The highest BCUT2D eigenvalue weighted by Crippen LogP contribution is 2.26. The molecule has 0 atom stereocenters. The molecule has 0 saturated carbocycles. The minimum Gasteiger partial charge on any atom is -0.319 e. The molecule has 0 aliphatic carbocycles. The number of carbonyl (C=O) groups excluding carboxylic acids is 1. The topological polar surface area (TPSA) is 54.9 Å². The summed E-state index contributed by atoms with van der Waals surface area (Å²) in [7, 11) is 0. The summed E-state index contributed by atoms with van der Waals surface area (Å²) in [5.74, 6) is -0.377. The van der Waals surface area contributed by atoms with Crippen molar-refractivity contribution in [2.24, 2.45) is 0 Å². The fraction of sp³-hybridized carbons (Fsp3) is 0. The Kier molecular flexibility index (Phi) is 3.98. The van der Waals surface area contributed by atoms with Gasteiger partial charge in [-0.15, -0.1) is 10.2 Å². The van der Waals surface area contributed by atoms with E-state index in [4.69, 9.17) is 23.2 Å². The first kappa shape index (κ1) is 12.8. The summed E-state index contributed by atoms with van der Waals surface area (Å²) in [6.45, 7) is 0. The third-order valence-corrected chi connectivity index (χ3v) is 3.72. The number of hydrogen-bond donors (Lipinski definition) is 1. The average molecular weight is 353 g/mol. The van der Waals surface area contributed by atoms with E-state index in [9.17, 15) is 4.79 Å². The maximum Gasteiger partial charge on any atom is 0.286 e. The summed E-state index contributed by atoms with van der Waals surface area (Å²) in [4.78, 5) is 11.8. The lowest BCUT2D eigenvalue weighted by Crippen LogP contribution is -2.12. The Morgan fingerprint density at radius 2 is 2.12 bits per heavy atom. The minimum atomic E-state index is -0.377. The number of hydrogen-bond acceptors (Lipinski definition) is 4. The van der Waals surface area contributed by atoms with Crippen LogP contribution in [0.2, 0.25) is 9.49 Å². The summed E-state index contributed by atoms with van der Waals surface area (Å²) < 4.78 is 0.950. The van der Waals surface area contributed by atoms with Gasteiger partial charge in [0, 0.05) is 9.50 Å². The Bertz CT molecular complexity index is 575. The number of nitrogens with zero attached hydrogens (tertiary/aromatic N) is 2. The van der Waals surface area contributed by atoms with Gasteiger partial charge in [-0.05, 0) is 45.7 Å². The molecule has 1 heterocycles. The second-order valence-electron chi connectivity index (χ2n) is 2.94. The summed E-state index contributed by atoms with van der Waals surface area (Å²) in [5, 5.41) is 10.6. The van der Waals surface area contributed by atoms with E-state index in [-0.39, 0.29) is 15.4 Å². The third-order valence-electron chi connectivity index (χ3n) is 1.77. The van der Waals surface area contributed by atoms with Crippen LogP contribution in [0, 0.1) is 0 Å². The van der Waals surface area contributed by atoms with Crippen LogP contribution in [0.5, 0.6) is 0 Å². The lowest BCUT2D eigenvalue weighted by molar-refractivity contribution is 0.102. The summed E-state index contributed by atoms with van der Waals surface area (Å²) in [6.07, 6.45) is 0. The highest BCUT2D eigenvalue weighted by molar-refractivity contribution is 9.10. The smallest absolute Gasteiger partial charge is 0.286 e. The van der Waals surface area contributed by atoms with Gasteiger partial charge in [0.05, 0.1) is 5.69 Å². The first-order valence-corrected chi connectivity index (χ1v) is 6.68. The standard InChI is InChI=1S/C9H4BrCl2N3OS/c10-5-2-1-4(11)3-6(5)13-7(16)8-14-15-9(12)17-8/h1-3H,(H,13,16). The quantitative estimate of drug-likeness (QED) is 0.892. The van der Waals surface area contributed by atoms with Crippen molar-refractivity contribution < 1.29 is 4.79 Å². The molecule has 0 spiro atoms. The molecule has 0 aliphatic heterocycles. The predicted octanol–water partition coefficient (Wildman–Crippen LogP) is 3.86. The van der Waals surface area contributed by atoms with E-state index >= 15 is 0 Å². The molecule has 0 radical (unpaired) electrons. The predicted molar refractivity (Wildman–Crippen MR) is 72.0 cm³/mol. The van der Waals surface area contributed by atoms with Crippen LogP contribution < -0.4 is 5.32 Å². The molecule has 1 aromatic carbocycles. The Morgan fingerprint density at radius 1 is 1.35 bits per heavy atom. The molecule has 2 aromatic rings. The lowest BCUT2D eigenvalue weighted by atomic mass is 10.3. The number of aromatic nitrogens is 2. The van der Waals surface area contributed by atoms with Gasteiger partial charge in [0.15, 0.2) is 0 Å². The zero-order valence-electron chi connectivity index (χ0n) is 8.08. The van der Waals surface area contributed by atoms with Crippen LogP contribution in [0.3, 0.4) is 0 Å². The monoisotopic (exact) mass is 351 g/mol. The van der Waals surface area contributed by atoms with Crippen LogP contribution in [-0.2, 0) is 0 Å². The van der Waals surface area contributed by atoms with E-state index in [0.717, 1.165) is 15.8 Å². The number of benzene rings is 1.